The van der Waals surface area contributed by atoms with Crippen molar-refractivity contribution in [2.24, 2.45) is 0 Å². The third-order valence-corrected chi connectivity index (χ3v) is 12.8. The number of hydrogen-bond acceptors (Lipinski definition) is 20. The van der Waals surface area contributed by atoms with E-state index in [0.29, 0.717) is 19.3 Å². The van der Waals surface area contributed by atoms with Crippen LogP contribution in [0.2, 0.25) is 0 Å². The molecule has 15 N–H and O–H groups in total. The van der Waals surface area contributed by atoms with Crippen molar-refractivity contribution in [2.45, 2.75) is 161 Å². The summed E-state index contributed by atoms with van der Waals surface area (Å²) in [5.41, 5.74) is 0. The fraction of sp³-hybridized carbons (Fsp3) is 0.833. The van der Waals surface area contributed by atoms with Gasteiger partial charge in [0.05, 0.1) is 38.3 Å². The van der Waals surface area contributed by atoms with Crippen LogP contribution in [0.25, 0.3) is 0 Å². The zero-order valence-electron chi connectivity index (χ0n) is 34.3. The number of urea groups is 1. The predicted molar refractivity (Wildman–Crippen MR) is 209 cm³/mol. The molecule has 5 rings (SSSR count). The highest BCUT2D eigenvalue weighted by Crippen LogP contribution is 2.34. The lowest BCUT2D eigenvalue weighted by Gasteiger charge is -2.49. The number of carboxylic acid groups (broad SMARTS) is 1. The highest BCUT2D eigenvalue weighted by atomic mass is 32.2. The number of hydrogen-bond donors (Lipinski definition) is 15. The average Bonchev–Trinajstić information content (AvgIpc) is 3.79. The molecule has 5 aliphatic rings. The lowest BCUT2D eigenvalue weighted by Crippen LogP contribution is -2.71. The molecule has 0 bridgehead atoms. The van der Waals surface area contributed by atoms with Crippen LogP contribution >= 0.6 is 11.8 Å². The molecule has 5 fully saturated rings. The number of amides is 6. The monoisotopic (exact) mass is 926 g/mol. The molecule has 0 aromatic rings. The summed E-state index contributed by atoms with van der Waals surface area (Å²) >= 11 is 1.71. The van der Waals surface area contributed by atoms with Gasteiger partial charge in [-0.3, -0.25) is 19.2 Å². The van der Waals surface area contributed by atoms with Gasteiger partial charge >= 0.3 is 12.0 Å². The van der Waals surface area contributed by atoms with E-state index < -0.39 is 154 Å². The minimum atomic E-state index is -1.93. The minimum absolute atomic E-state index is 0.00865. The van der Waals surface area contributed by atoms with E-state index in [1.165, 1.54) is 0 Å². The van der Waals surface area contributed by atoms with Gasteiger partial charge in [-0.25, -0.2) is 9.59 Å². The molecular weight excluding hydrogens is 868 g/mol. The smallest absolute Gasteiger partial charge is 0.326 e. The Balaban J connectivity index is 1.21. The summed E-state index contributed by atoms with van der Waals surface area (Å²) in [6, 6.07) is -5.06. The van der Waals surface area contributed by atoms with Crippen LogP contribution in [0.3, 0.4) is 0 Å². The zero-order valence-corrected chi connectivity index (χ0v) is 35.1. The molecule has 27 heteroatoms. The number of nitrogens with one attached hydrogen (secondary N) is 6. The number of aliphatic hydroxyl groups is 8. The molecule has 5 aliphatic heterocycles. The van der Waals surface area contributed by atoms with Gasteiger partial charge in [-0.05, 0) is 12.8 Å². The standard InChI is InChI=1S/C36H58N6O20S/c1-12(46)37-23-26(51)30(61-34-24(38-13(2)47)27(52)31(18(10-45)60-34)62-35-29(54)28(53)25(50)16(8-43)59-35)17(9-44)58-32(23)41-21(49)7-14(33(55)56)39-20(48)6-4-3-5-19-22-15(11-63-19)40-36(57)42-22/h14-19,22-32,34-35,43-45,50-54H,3-11H2,1-2H3,(H,37,46)(H,38,47)(H,39,48)(H,41,49)(H,55,56)(H2,40,42,57)/t14?,15?,16?,17?,18?,19?,22?,23?,24?,25-,26+,27+,28-,29?,30-,31-,32+,34-,35-/m0/s1. The third-order valence-electron chi connectivity index (χ3n) is 11.3. The number of carboxylic acids is 1. The predicted octanol–water partition coefficient (Wildman–Crippen LogP) is -7.48. The Hall–Kier alpha value is -3.55. The van der Waals surface area contributed by atoms with Gasteiger partial charge in [-0.15, -0.1) is 0 Å². The minimum Gasteiger partial charge on any atom is -0.480 e. The second-order valence-corrected chi connectivity index (χ2v) is 17.2. The molecule has 358 valence electrons. The molecule has 0 aromatic heterocycles. The summed E-state index contributed by atoms with van der Waals surface area (Å²) in [5.74, 6) is -3.91. The molecule has 0 saturated carbocycles. The molecular formula is C36H58N6O20S. The number of fused-ring (bicyclic) bond motifs is 1. The maximum atomic E-state index is 13.3. The molecule has 0 radical (unpaired) electrons. The number of aliphatic carboxylic acids is 1. The van der Waals surface area contributed by atoms with Gasteiger partial charge in [0.15, 0.2) is 18.8 Å². The van der Waals surface area contributed by atoms with Crippen LogP contribution in [0.15, 0.2) is 0 Å². The highest BCUT2D eigenvalue weighted by Gasteiger charge is 2.54. The number of aliphatic hydroxyl groups excluding tert-OH is 8. The van der Waals surface area contributed by atoms with Gasteiger partial charge in [-0.1, -0.05) is 6.42 Å². The van der Waals surface area contributed by atoms with Gasteiger partial charge in [0.1, 0.15) is 79.2 Å². The summed E-state index contributed by atoms with van der Waals surface area (Å²) in [7, 11) is 0. The Morgan fingerprint density at radius 2 is 1.32 bits per heavy atom. The normalized spacial score (nSPS) is 39.2. The van der Waals surface area contributed by atoms with E-state index in [-0.39, 0.29) is 29.8 Å². The van der Waals surface area contributed by atoms with Crippen molar-refractivity contribution in [1.82, 2.24) is 31.9 Å². The lowest BCUT2D eigenvalue weighted by molar-refractivity contribution is -0.358. The van der Waals surface area contributed by atoms with Crippen molar-refractivity contribution in [3.63, 3.8) is 0 Å². The summed E-state index contributed by atoms with van der Waals surface area (Å²) in [5, 5.41) is 109. The maximum absolute atomic E-state index is 13.3. The van der Waals surface area contributed by atoms with Crippen LogP contribution in [0, 0.1) is 0 Å². The second kappa shape index (κ2) is 22.6. The number of carbonyl (C=O) groups is 6. The average molecular weight is 927 g/mol. The van der Waals surface area contributed by atoms with Gasteiger partial charge in [0, 0.05) is 31.3 Å². The summed E-state index contributed by atoms with van der Waals surface area (Å²) in [6.45, 7) is -0.520. The van der Waals surface area contributed by atoms with Crippen molar-refractivity contribution in [3.8, 4) is 0 Å². The van der Waals surface area contributed by atoms with Crippen molar-refractivity contribution in [3.05, 3.63) is 0 Å². The Morgan fingerprint density at radius 3 is 1.94 bits per heavy atom. The zero-order chi connectivity index (χ0) is 46.3. The van der Waals surface area contributed by atoms with Crippen LogP contribution in [0.4, 0.5) is 4.79 Å². The summed E-state index contributed by atoms with van der Waals surface area (Å²) < 4.78 is 28.7. The van der Waals surface area contributed by atoms with Crippen molar-refractivity contribution >= 4 is 47.4 Å². The second-order valence-electron chi connectivity index (χ2n) is 15.9. The van der Waals surface area contributed by atoms with Crippen LogP contribution in [-0.4, -0.2) is 222 Å². The largest absolute Gasteiger partial charge is 0.480 e. The lowest BCUT2D eigenvalue weighted by atomic mass is 9.93. The van der Waals surface area contributed by atoms with Gasteiger partial charge < -0.3 is 102 Å². The number of thioether (sulfide) groups is 1. The van der Waals surface area contributed by atoms with Crippen molar-refractivity contribution in [1.29, 1.82) is 0 Å². The Kier molecular flexibility index (Phi) is 18.1. The van der Waals surface area contributed by atoms with E-state index >= 15 is 0 Å². The molecule has 0 spiro atoms. The van der Waals surface area contributed by atoms with Crippen LogP contribution in [-0.2, 0) is 47.7 Å². The van der Waals surface area contributed by atoms with E-state index in [1.807, 2.05) is 0 Å². The Labute approximate surface area is 364 Å². The molecule has 5 heterocycles. The maximum Gasteiger partial charge on any atom is 0.326 e. The first-order valence-electron chi connectivity index (χ1n) is 20.4. The number of ether oxygens (including phenoxy) is 5. The van der Waals surface area contributed by atoms with E-state index in [4.69, 9.17) is 23.7 Å². The quantitative estimate of drug-likeness (QED) is 0.0423. The Bertz CT molecular complexity index is 1620. The van der Waals surface area contributed by atoms with Crippen molar-refractivity contribution < 1.29 is 98.4 Å². The summed E-state index contributed by atoms with van der Waals surface area (Å²) in [4.78, 5) is 74.4. The molecule has 26 nitrogen and oxygen atoms in total. The number of unbranched alkanes of at least 4 members (excludes halogenated alkanes) is 1. The topological polar surface area (TPSA) is 403 Å². The molecule has 0 aromatic carbocycles. The van der Waals surface area contributed by atoms with E-state index in [0.717, 1.165) is 19.6 Å². The van der Waals surface area contributed by atoms with Crippen LogP contribution in [0.5, 0.6) is 0 Å². The number of carbonyl (C=O) groups excluding carboxylic acids is 5. The van der Waals surface area contributed by atoms with E-state index in [2.05, 4.69) is 31.9 Å². The first-order chi connectivity index (χ1) is 29.9. The number of rotatable bonds is 19. The first kappa shape index (κ1) is 50.4. The molecule has 5 saturated heterocycles. The van der Waals surface area contributed by atoms with Gasteiger partial charge in [0.2, 0.25) is 23.6 Å². The molecule has 6 amide bonds. The van der Waals surface area contributed by atoms with Gasteiger partial charge in [0.25, 0.3) is 0 Å². The SMILES string of the molecule is CC(=O)NC1[C@H](O[C@H]2C(CO)O[C@@H](NC(=O)CC(NC(=O)CCCCC3SCC4NC(=O)NC43)C(=O)O)C(NC(C)=O)[C@H]2O)OC(CO)[C@H](O[C@@H]2OC(CO)[C@H](O)[C@H](O)C2O)[C@@H]1O. The van der Waals surface area contributed by atoms with Crippen molar-refractivity contribution in [2.75, 3.05) is 25.6 Å². The fourth-order valence-corrected chi connectivity index (χ4v) is 9.70. The van der Waals surface area contributed by atoms with Crippen LogP contribution in [0.1, 0.15) is 46.0 Å². The Morgan fingerprint density at radius 1 is 0.730 bits per heavy atom. The molecule has 63 heavy (non-hydrogen) atoms. The van der Waals surface area contributed by atoms with Crippen LogP contribution < -0.4 is 31.9 Å². The fourth-order valence-electron chi connectivity index (χ4n) is 8.16. The third kappa shape index (κ3) is 12.4. The molecule has 0 aliphatic carbocycles. The summed E-state index contributed by atoms with van der Waals surface area (Å²) in [6.07, 6.45) is -21.6. The van der Waals surface area contributed by atoms with E-state index in [1.54, 1.807) is 11.8 Å². The van der Waals surface area contributed by atoms with E-state index in [9.17, 15) is 74.7 Å². The van der Waals surface area contributed by atoms with Gasteiger partial charge in [-0.2, -0.15) is 11.8 Å². The molecule has 19 atom stereocenters. The highest BCUT2D eigenvalue weighted by molar-refractivity contribution is 8.00. The molecule has 10 unspecified atom stereocenters. The first-order valence-corrected chi connectivity index (χ1v) is 21.5.